The van der Waals surface area contributed by atoms with Gasteiger partial charge in [0.15, 0.2) is 5.13 Å². The van der Waals surface area contributed by atoms with E-state index in [0.29, 0.717) is 16.4 Å². The van der Waals surface area contributed by atoms with Crippen molar-refractivity contribution in [2.45, 2.75) is 20.0 Å². The predicted octanol–water partition coefficient (Wildman–Crippen LogP) is 6.19. The van der Waals surface area contributed by atoms with Crippen LogP contribution in [0.1, 0.15) is 16.7 Å². The van der Waals surface area contributed by atoms with Crippen molar-refractivity contribution in [1.29, 1.82) is 0 Å². The number of halogens is 3. The van der Waals surface area contributed by atoms with Gasteiger partial charge in [-0.2, -0.15) is 13.2 Å². The van der Waals surface area contributed by atoms with E-state index in [0.717, 1.165) is 22.8 Å². The lowest BCUT2D eigenvalue weighted by Gasteiger charge is -2.16. The second-order valence-electron chi connectivity index (χ2n) is 5.54. The molecule has 2 nitrogen and oxygen atoms in total. The number of hydrogen-bond acceptors (Lipinski definition) is 3. The van der Waals surface area contributed by atoms with Crippen LogP contribution in [0.5, 0.6) is 0 Å². The maximum Gasteiger partial charge on any atom is 0.416 e. The van der Waals surface area contributed by atoms with Crippen molar-refractivity contribution >= 4 is 22.2 Å². The minimum Gasteiger partial charge on any atom is -0.331 e. The number of thiazole rings is 1. The monoisotopic (exact) mass is 348 g/mol. The molecule has 0 spiro atoms. The van der Waals surface area contributed by atoms with Crippen molar-refractivity contribution < 1.29 is 13.2 Å². The van der Waals surface area contributed by atoms with Gasteiger partial charge in [0.25, 0.3) is 0 Å². The summed E-state index contributed by atoms with van der Waals surface area (Å²) in [4.78, 5) is 4.14. The lowest BCUT2D eigenvalue weighted by molar-refractivity contribution is -0.137. The second kappa shape index (κ2) is 6.28. The molecule has 1 N–H and O–H groups in total. The summed E-state index contributed by atoms with van der Waals surface area (Å²) in [6, 6.07) is 9.45. The highest BCUT2D eigenvalue weighted by molar-refractivity contribution is 7.13. The SMILES string of the molecule is Cc1ccc(-c2cc(C(F)(F)F)ccc2Nc2nccs2)c(C)c1. The molecule has 1 heterocycles. The summed E-state index contributed by atoms with van der Waals surface area (Å²) in [5.41, 5.74) is 3.21. The predicted molar refractivity (Wildman–Crippen MR) is 91.8 cm³/mol. The summed E-state index contributed by atoms with van der Waals surface area (Å²) in [7, 11) is 0. The molecule has 0 bridgehead atoms. The van der Waals surface area contributed by atoms with Crippen LogP contribution in [0.2, 0.25) is 0 Å². The summed E-state index contributed by atoms with van der Waals surface area (Å²) in [5.74, 6) is 0. The van der Waals surface area contributed by atoms with E-state index < -0.39 is 11.7 Å². The van der Waals surface area contributed by atoms with Crippen LogP contribution in [0.25, 0.3) is 11.1 Å². The van der Waals surface area contributed by atoms with Gasteiger partial charge in [0, 0.05) is 22.8 Å². The third kappa shape index (κ3) is 3.43. The van der Waals surface area contributed by atoms with Crippen molar-refractivity contribution in [3.63, 3.8) is 0 Å². The van der Waals surface area contributed by atoms with Crippen LogP contribution in [0.3, 0.4) is 0 Å². The molecule has 2 aromatic carbocycles. The summed E-state index contributed by atoms with van der Waals surface area (Å²) < 4.78 is 39.4. The third-order valence-corrected chi connectivity index (χ3v) is 4.38. The Hall–Kier alpha value is -2.34. The fourth-order valence-electron chi connectivity index (χ4n) is 2.57. The number of aryl methyl sites for hydroxylation is 2. The number of aromatic nitrogens is 1. The lowest BCUT2D eigenvalue weighted by atomic mass is 9.95. The zero-order valence-corrected chi connectivity index (χ0v) is 13.9. The van der Waals surface area contributed by atoms with E-state index in [2.05, 4.69) is 10.3 Å². The Labute approximate surface area is 142 Å². The number of nitrogens with one attached hydrogen (secondary N) is 1. The van der Waals surface area contributed by atoms with Crippen molar-refractivity contribution in [3.05, 3.63) is 64.7 Å². The van der Waals surface area contributed by atoms with Crippen molar-refractivity contribution in [3.8, 4) is 11.1 Å². The molecule has 24 heavy (non-hydrogen) atoms. The molecular formula is C18H15F3N2S. The molecular weight excluding hydrogens is 333 g/mol. The molecule has 0 amide bonds. The van der Waals surface area contributed by atoms with E-state index >= 15 is 0 Å². The molecule has 1 aromatic heterocycles. The molecule has 0 aliphatic rings. The Kier molecular flexibility index (Phi) is 4.32. The normalized spacial score (nSPS) is 11.5. The number of hydrogen-bond donors (Lipinski definition) is 1. The number of rotatable bonds is 3. The van der Waals surface area contributed by atoms with E-state index in [4.69, 9.17) is 0 Å². The number of anilines is 2. The van der Waals surface area contributed by atoms with Crippen LogP contribution >= 0.6 is 11.3 Å². The average molecular weight is 348 g/mol. The molecule has 0 aliphatic heterocycles. The smallest absolute Gasteiger partial charge is 0.331 e. The fraction of sp³-hybridized carbons (Fsp3) is 0.167. The van der Waals surface area contributed by atoms with Gasteiger partial charge >= 0.3 is 6.18 Å². The quantitative estimate of drug-likeness (QED) is 0.610. The summed E-state index contributed by atoms with van der Waals surface area (Å²) >= 11 is 1.39. The average Bonchev–Trinajstić information content (AvgIpc) is 3.00. The minimum absolute atomic E-state index is 0.512. The van der Waals surface area contributed by atoms with Gasteiger partial charge in [-0.15, -0.1) is 11.3 Å². The second-order valence-corrected chi connectivity index (χ2v) is 6.43. The Morgan fingerprint density at radius 1 is 1.00 bits per heavy atom. The van der Waals surface area contributed by atoms with E-state index in [1.54, 1.807) is 6.20 Å². The van der Waals surface area contributed by atoms with Gasteiger partial charge in [-0.1, -0.05) is 23.8 Å². The van der Waals surface area contributed by atoms with Gasteiger partial charge in [0.1, 0.15) is 0 Å². The van der Waals surface area contributed by atoms with Gasteiger partial charge in [0.05, 0.1) is 5.56 Å². The van der Waals surface area contributed by atoms with Gasteiger partial charge in [-0.25, -0.2) is 4.98 Å². The highest BCUT2D eigenvalue weighted by Gasteiger charge is 2.31. The maximum absolute atomic E-state index is 13.1. The zero-order valence-electron chi connectivity index (χ0n) is 13.1. The van der Waals surface area contributed by atoms with Crippen LogP contribution in [0.15, 0.2) is 48.0 Å². The van der Waals surface area contributed by atoms with Crippen molar-refractivity contribution in [2.24, 2.45) is 0 Å². The molecule has 0 saturated heterocycles. The molecule has 0 atom stereocenters. The van der Waals surface area contributed by atoms with Crippen LogP contribution in [-0.4, -0.2) is 4.98 Å². The van der Waals surface area contributed by atoms with Crippen LogP contribution in [0, 0.1) is 13.8 Å². The first-order valence-electron chi connectivity index (χ1n) is 7.30. The highest BCUT2D eigenvalue weighted by Crippen LogP contribution is 2.38. The van der Waals surface area contributed by atoms with E-state index in [1.165, 1.54) is 23.5 Å². The molecule has 6 heteroatoms. The zero-order chi connectivity index (χ0) is 17.3. The Bertz CT molecular complexity index is 855. The molecule has 3 aromatic rings. The number of nitrogens with zero attached hydrogens (tertiary/aromatic N) is 1. The Morgan fingerprint density at radius 2 is 1.79 bits per heavy atom. The van der Waals surface area contributed by atoms with Gasteiger partial charge in [0.2, 0.25) is 0 Å². The molecule has 124 valence electrons. The molecule has 0 fully saturated rings. The molecule has 0 radical (unpaired) electrons. The van der Waals surface area contributed by atoms with Crippen molar-refractivity contribution in [1.82, 2.24) is 4.98 Å². The first-order valence-corrected chi connectivity index (χ1v) is 8.18. The topological polar surface area (TPSA) is 24.9 Å². The van der Waals surface area contributed by atoms with Crippen molar-refractivity contribution in [2.75, 3.05) is 5.32 Å². The number of alkyl halides is 3. The lowest BCUT2D eigenvalue weighted by Crippen LogP contribution is -2.06. The first-order chi connectivity index (χ1) is 11.3. The Morgan fingerprint density at radius 3 is 2.42 bits per heavy atom. The minimum atomic E-state index is -4.38. The molecule has 3 rings (SSSR count). The Balaban J connectivity index is 2.15. The van der Waals surface area contributed by atoms with Crippen LogP contribution < -0.4 is 5.32 Å². The summed E-state index contributed by atoms with van der Waals surface area (Å²) in [5, 5.41) is 5.56. The third-order valence-electron chi connectivity index (χ3n) is 3.69. The number of benzene rings is 2. The van der Waals surface area contributed by atoms with Gasteiger partial charge in [-0.3, -0.25) is 0 Å². The molecule has 0 saturated carbocycles. The van der Waals surface area contributed by atoms with Gasteiger partial charge < -0.3 is 5.32 Å². The molecule has 0 aliphatic carbocycles. The summed E-state index contributed by atoms with van der Waals surface area (Å²) in [6.07, 6.45) is -2.74. The maximum atomic E-state index is 13.1. The van der Waals surface area contributed by atoms with E-state index in [1.807, 2.05) is 37.4 Å². The van der Waals surface area contributed by atoms with Crippen LogP contribution in [0.4, 0.5) is 24.0 Å². The van der Waals surface area contributed by atoms with E-state index in [9.17, 15) is 13.2 Å². The van der Waals surface area contributed by atoms with Gasteiger partial charge in [-0.05, 0) is 43.2 Å². The first kappa shape index (κ1) is 16.5. The standard InChI is InChI=1S/C18H15F3N2S/c1-11-3-5-14(12(2)9-11)15-10-13(18(19,20)21)4-6-16(15)23-17-22-7-8-24-17/h3-10H,1-2H3,(H,22,23). The highest BCUT2D eigenvalue weighted by atomic mass is 32.1. The molecule has 0 unspecified atom stereocenters. The largest absolute Gasteiger partial charge is 0.416 e. The van der Waals surface area contributed by atoms with E-state index in [-0.39, 0.29) is 0 Å². The fourth-order valence-corrected chi connectivity index (χ4v) is 3.11. The van der Waals surface area contributed by atoms with Crippen LogP contribution in [-0.2, 0) is 6.18 Å². The summed E-state index contributed by atoms with van der Waals surface area (Å²) in [6.45, 7) is 3.85.